The van der Waals surface area contributed by atoms with Crippen molar-refractivity contribution in [2.24, 2.45) is 11.7 Å². The van der Waals surface area contributed by atoms with Crippen LogP contribution in [0, 0.1) is 5.92 Å². The molecule has 7 heteroatoms. The summed E-state index contributed by atoms with van der Waals surface area (Å²) in [5, 5.41) is 3.16. The van der Waals surface area contributed by atoms with Crippen LogP contribution in [0.25, 0.3) is 0 Å². The number of piperidine rings is 1. The SMILES string of the molecule is Cl.Cl.NC(CC(=O)NC1CCN(CC2CCOC2)CC1)c1ccccc1. The summed E-state index contributed by atoms with van der Waals surface area (Å²) in [5.41, 5.74) is 7.15. The van der Waals surface area contributed by atoms with Gasteiger partial charge in [0.25, 0.3) is 0 Å². The number of nitrogens with two attached hydrogens (primary N) is 1. The predicted molar refractivity (Wildman–Crippen MR) is 109 cm³/mol. The standard InChI is InChI=1S/C19H29N3O2.2ClH/c20-18(16-4-2-1-3-5-16)12-19(23)21-17-6-9-22(10-7-17)13-15-8-11-24-14-15;;/h1-5,15,17-18H,6-14,20H2,(H,21,23);2*1H. The Morgan fingerprint density at radius 2 is 1.88 bits per heavy atom. The molecular weight excluding hydrogens is 373 g/mol. The molecule has 2 aliphatic heterocycles. The van der Waals surface area contributed by atoms with Crippen LogP contribution < -0.4 is 11.1 Å². The van der Waals surface area contributed by atoms with E-state index >= 15 is 0 Å². The molecule has 2 heterocycles. The van der Waals surface area contributed by atoms with E-state index in [2.05, 4.69) is 10.2 Å². The first kappa shape index (κ1) is 23.2. The highest BCUT2D eigenvalue weighted by Gasteiger charge is 2.25. The lowest BCUT2D eigenvalue weighted by atomic mass is 10.0. The van der Waals surface area contributed by atoms with Crippen LogP contribution in [-0.2, 0) is 9.53 Å². The number of ether oxygens (including phenoxy) is 1. The van der Waals surface area contributed by atoms with Gasteiger partial charge < -0.3 is 20.7 Å². The molecule has 0 saturated carbocycles. The number of nitrogens with one attached hydrogen (secondary N) is 1. The summed E-state index contributed by atoms with van der Waals surface area (Å²) in [5.74, 6) is 0.758. The van der Waals surface area contributed by atoms with Crippen molar-refractivity contribution in [3.8, 4) is 0 Å². The molecule has 2 atom stereocenters. The molecule has 2 unspecified atom stereocenters. The minimum Gasteiger partial charge on any atom is -0.381 e. The first-order valence-corrected chi connectivity index (χ1v) is 9.10. The molecule has 0 aliphatic carbocycles. The summed E-state index contributed by atoms with van der Waals surface area (Å²) in [7, 11) is 0. The molecular formula is C19H31Cl2N3O2. The third-order valence-corrected chi connectivity index (χ3v) is 5.13. The molecule has 3 rings (SSSR count). The second kappa shape index (κ2) is 11.8. The Labute approximate surface area is 168 Å². The van der Waals surface area contributed by atoms with Crippen molar-refractivity contribution >= 4 is 30.7 Å². The van der Waals surface area contributed by atoms with E-state index in [1.807, 2.05) is 30.3 Å². The topological polar surface area (TPSA) is 67.6 Å². The molecule has 1 aromatic rings. The van der Waals surface area contributed by atoms with Crippen molar-refractivity contribution in [1.29, 1.82) is 0 Å². The number of rotatable bonds is 6. The van der Waals surface area contributed by atoms with Crippen molar-refractivity contribution in [3.63, 3.8) is 0 Å². The van der Waals surface area contributed by atoms with Crippen LogP contribution in [0.1, 0.15) is 37.3 Å². The summed E-state index contributed by atoms with van der Waals surface area (Å²) in [6.45, 7) is 5.09. The Morgan fingerprint density at radius 3 is 2.50 bits per heavy atom. The molecule has 5 nitrogen and oxygen atoms in total. The van der Waals surface area contributed by atoms with Gasteiger partial charge in [0.1, 0.15) is 0 Å². The van der Waals surface area contributed by atoms with E-state index in [1.54, 1.807) is 0 Å². The zero-order valence-corrected chi connectivity index (χ0v) is 16.8. The van der Waals surface area contributed by atoms with Crippen LogP contribution in [0.15, 0.2) is 30.3 Å². The number of benzene rings is 1. The van der Waals surface area contributed by atoms with Gasteiger partial charge in [0.15, 0.2) is 0 Å². The average molecular weight is 404 g/mol. The molecule has 1 amide bonds. The second-order valence-electron chi connectivity index (χ2n) is 7.09. The Hall–Kier alpha value is -0.850. The van der Waals surface area contributed by atoms with Gasteiger partial charge in [0.05, 0.1) is 6.61 Å². The lowest BCUT2D eigenvalue weighted by Crippen LogP contribution is -2.46. The lowest BCUT2D eigenvalue weighted by Gasteiger charge is -2.33. The molecule has 2 aliphatic rings. The minimum absolute atomic E-state index is 0. The van der Waals surface area contributed by atoms with Crippen molar-refractivity contribution in [1.82, 2.24) is 10.2 Å². The van der Waals surface area contributed by atoms with Gasteiger partial charge in [-0.1, -0.05) is 30.3 Å². The fourth-order valence-electron chi connectivity index (χ4n) is 3.66. The maximum Gasteiger partial charge on any atom is 0.222 e. The van der Waals surface area contributed by atoms with Crippen molar-refractivity contribution in [2.45, 2.75) is 37.8 Å². The van der Waals surface area contributed by atoms with Gasteiger partial charge in [-0.3, -0.25) is 4.79 Å². The number of amides is 1. The van der Waals surface area contributed by atoms with Crippen molar-refractivity contribution in [3.05, 3.63) is 35.9 Å². The number of likely N-dealkylation sites (tertiary alicyclic amines) is 1. The largest absolute Gasteiger partial charge is 0.381 e. The van der Waals surface area contributed by atoms with Gasteiger partial charge >= 0.3 is 0 Å². The Bertz CT molecular complexity index is 519. The lowest BCUT2D eigenvalue weighted by molar-refractivity contribution is -0.122. The number of carbonyl (C=O) groups is 1. The van der Waals surface area contributed by atoms with Crippen LogP contribution >= 0.6 is 24.8 Å². The van der Waals surface area contributed by atoms with E-state index in [1.165, 1.54) is 6.42 Å². The second-order valence-corrected chi connectivity index (χ2v) is 7.09. The molecule has 26 heavy (non-hydrogen) atoms. The van der Waals surface area contributed by atoms with Gasteiger partial charge in [0, 0.05) is 44.7 Å². The smallest absolute Gasteiger partial charge is 0.222 e. The van der Waals surface area contributed by atoms with Crippen molar-refractivity contribution in [2.75, 3.05) is 32.8 Å². The zero-order valence-electron chi connectivity index (χ0n) is 15.1. The quantitative estimate of drug-likeness (QED) is 0.765. The molecule has 1 aromatic carbocycles. The van der Waals surface area contributed by atoms with E-state index in [-0.39, 0.29) is 42.8 Å². The highest BCUT2D eigenvalue weighted by atomic mass is 35.5. The normalized spacial score (nSPS) is 22.1. The average Bonchev–Trinajstić information content (AvgIpc) is 3.10. The van der Waals surface area contributed by atoms with Crippen LogP contribution in [0.4, 0.5) is 0 Å². The van der Waals surface area contributed by atoms with Gasteiger partial charge in [-0.25, -0.2) is 0 Å². The summed E-state index contributed by atoms with van der Waals surface area (Å²) in [4.78, 5) is 14.7. The number of carbonyl (C=O) groups excluding carboxylic acids is 1. The van der Waals surface area contributed by atoms with E-state index < -0.39 is 0 Å². The van der Waals surface area contributed by atoms with Gasteiger partial charge in [-0.05, 0) is 30.7 Å². The molecule has 0 radical (unpaired) electrons. The third-order valence-electron chi connectivity index (χ3n) is 5.13. The fourth-order valence-corrected chi connectivity index (χ4v) is 3.66. The summed E-state index contributed by atoms with van der Waals surface area (Å²) >= 11 is 0. The Kier molecular flexibility index (Phi) is 10.5. The molecule has 0 spiro atoms. The molecule has 148 valence electrons. The summed E-state index contributed by atoms with van der Waals surface area (Å²) in [6, 6.07) is 9.88. The Morgan fingerprint density at radius 1 is 1.19 bits per heavy atom. The molecule has 3 N–H and O–H groups in total. The minimum atomic E-state index is -0.228. The summed E-state index contributed by atoms with van der Waals surface area (Å²) < 4.78 is 5.45. The number of hydrogen-bond donors (Lipinski definition) is 2. The number of nitrogens with zero attached hydrogens (tertiary/aromatic N) is 1. The van der Waals surface area contributed by atoms with E-state index in [4.69, 9.17) is 10.5 Å². The fraction of sp³-hybridized carbons (Fsp3) is 0.632. The van der Waals surface area contributed by atoms with Crippen LogP contribution in [0.5, 0.6) is 0 Å². The number of halogens is 2. The van der Waals surface area contributed by atoms with Gasteiger partial charge in [0.2, 0.25) is 5.91 Å². The van der Waals surface area contributed by atoms with E-state index in [0.717, 1.165) is 51.3 Å². The highest BCUT2D eigenvalue weighted by molar-refractivity contribution is 5.85. The van der Waals surface area contributed by atoms with E-state index in [0.29, 0.717) is 12.3 Å². The maximum atomic E-state index is 12.2. The monoisotopic (exact) mass is 403 g/mol. The third kappa shape index (κ3) is 7.05. The Balaban J connectivity index is 0.00000169. The molecule has 2 fully saturated rings. The molecule has 0 aromatic heterocycles. The first-order valence-electron chi connectivity index (χ1n) is 9.10. The highest BCUT2D eigenvalue weighted by Crippen LogP contribution is 2.18. The molecule has 0 bridgehead atoms. The zero-order chi connectivity index (χ0) is 16.8. The van der Waals surface area contributed by atoms with Crippen LogP contribution in [0.2, 0.25) is 0 Å². The van der Waals surface area contributed by atoms with E-state index in [9.17, 15) is 4.79 Å². The van der Waals surface area contributed by atoms with Crippen molar-refractivity contribution < 1.29 is 9.53 Å². The van der Waals surface area contributed by atoms with Crippen LogP contribution in [-0.4, -0.2) is 49.7 Å². The maximum absolute atomic E-state index is 12.2. The van der Waals surface area contributed by atoms with Gasteiger partial charge in [-0.2, -0.15) is 0 Å². The summed E-state index contributed by atoms with van der Waals surface area (Å²) in [6.07, 6.45) is 3.59. The van der Waals surface area contributed by atoms with Crippen LogP contribution in [0.3, 0.4) is 0 Å². The molecule has 2 saturated heterocycles. The first-order chi connectivity index (χ1) is 11.7. The van der Waals surface area contributed by atoms with Gasteiger partial charge in [-0.15, -0.1) is 24.8 Å². The number of hydrogen-bond acceptors (Lipinski definition) is 4. The predicted octanol–water partition coefficient (Wildman–Crippen LogP) is 2.54.